The van der Waals surface area contributed by atoms with Crippen LogP contribution in [0.4, 0.5) is 4.79 Å². The molecule has 0 aliphatic rings. The second kappa shape index (κ2) is 8.03. The lowest BCUT2D eigenvalue weighted by atomic mass is 9.87. The number of urea groups is 1. The molecule has 1 aromatic carbocycles. The van der Waals surface area contributed by atoms with Crippen molar-refractivity contribution < 1.29 is 14.6 Å². The van der Waals surface area contributed by atoms with Gasteiger partial charge in [0.25, 0.3) is 0 Å². The summed E-state index contributed by atoms with van der Waals surface area (Å²) in [5.74, 6) is 0.841. The lowest BCUT2D eigenvalue weighted by Crippen LogP contribution is -2.41. The molecule has 0 aliphatic heterocycles. The van der Waals surface area contributed by atoms with Crippen LogP contribution in [0.15, 0.2) is 18.2 Å². The summed E-state index contributed by atoms with van der Waals surface area (Å²) in [6, 6.07) is 5.63. The van der Waals surface area contributed by atoms with Crippen molar-refractivity contribution in [2.45, 2.75) is 46.8 Å². The van der Waals surface area contributed by atoms with Crippen molar-refractivity contribution in [1.82, 2.24) is 10.6 Å². The van der Waals surface area contributed by atoms with E-state index in [-0.39, 0.29) is 17.6 Å². The van der Waals surface area contributed by atoms with Gasteiger partial charge in [-0.3, -0.25) is 0 Å². The summed E-state index contributed by atoms with van der Waals surface area (Å²) < 4.78 is 5.21. The fourth-order valence-electron chi connectivity index (χ4n) is 2.49. The van der Waals surface area contributed by atoms with Crippen LogP contribution in [-0.2, 0) is 6.54 Å². The summed E-state index contributed by atoms with van der Waals surface area (Å²) in [5.41, 5.74) is 1.93. The number of aliphatic hydroxyl groups is 1. The van der Waals surface area contributed by atoms with Crippen molar-refractivity contribution in [3.05, 3.63) is 29.3 Å². The van der Waals surface area contributed by atoms with E-state index in [1.54, 1.807) is 14.0 Å². The van der Waals surface area contributed by atoms with Crippen molar-refractivity contribution in [1.29, 1.82) is 0 Å². The zero-order valence-electron chi connectivity index (χ0n) is 14.2. The first-order chi connectivity index (χ1) is 10.2. The van der Waals surface area contributed by atoms with Crippen molar-refractivity contribution in [2.24, 2.45) is 5.41 Å². The number of ether oxygens (including phenoxy) is 1. The summed E-state index contributed by atoms with van der Waals surface area (Å²) >= 11 is 0. The number of rotatable bonds is 7. The first kappa shape index (κ1) is 18.3. The lowest BCUT2D eigenvalue weighted by molar-refractivity contribution is 0.129. The Morgan fingerprint density at radius 1 is 1.36 bits per heavy atom. The summed E-state index contributed by atoms with van der Waals surface area (Å²) in [4.78, 5) is 11.8. The van der Waals surface area contributed by atoms with E-state index in [2.05, 4.69) is 10.6 Å². The van der Waals surface area contributed by atoms with Crippen molar-refractivity contribution in [3.8, 4) is 5.75 Å². The molecule has 0 fully saturated rings. The second-order valence-electron chi connectivity index (χ2n) is 6.56. The van der Waals surface area contributed by atoms with Gasteiger partial charge in [-0.15, -0.1) is 0 Å². The van der Waals surface area contributed by atoms with Crippen LogP contribution in [0.1, 0.15) is 38.3 Å². The molecule has 0 radical (unpaired) electrons. The van der Waals surface area contributed by atoms with E-state index in [1.807, 2.05) is 39.0 Å². The Morgan fingerprint density at radius 2 is 2.05 bits per heavy atom. The molecule has 0 heterocycles. The zero-order chi connectivity index (χ0) is 16.8. The number of nitrogens with one attached hydrogen (secondary N) is 2. The van der Waals surface area contributed by atoms with E-state index in [1.165, 1.54) is 0 Å². The van der Waals surface area contributed by atoms with E-state index < -0.39 is 0 Å². The number of hydrogen-bond acceptors (Lipinski definition) is 3. The van der Waals surface area contributed by atoms with Crippen LogP contribution in [0.3, 0.4) is 0 Å². The van der Waals surface area contributed by atoms with Gasteiger partial charge in [-0.25, -0.2) is 4.79 Å². The summed E-state index contributed by atoms with van der Waals surface area (Å²) in [6.07, 6.45) is 0.271. The average molecular weight is 308 g/mol. The number of amides is 2. The minimum Gasteiger partial charge on any atom is -0.496 e. The maximum absolute atomic E-state index is 11.8. The van der Waals surface area contributed by atoms with Crippen LogP contribution in [0.5, 0.6) is 5.75 Å². The third-order valence-corrected chi connectivity index (χ3v) is 3.49. The number of aryl methyl sites for hydroxylation is 1. The standard InChI is InChI=1S/C17H28N2O3/c1-12-8-14(6-7-15(12)22-5)10-18-16(21)19-11-17(3,4)9-13(2)20/h6-8,13,20H,9-11H2,1-5H3,(H2,18,19,21). The molecule has 0 saturated heterocycles. The Morgan fingerprint density at radius 3 is 2.59 bits per heavy atom. The van der Waals surface area contributed by atoms with Gasteiger partial charge in [0.1, 0.15) is 5.75 Å². The fourth-order valence-corrected chi connectivity index (χ4v) is 2.49. The summed E-state index contributed by atoms with van der Waals surface area (Å²) in [6.45, 7) is 8.76. The number of methoxy groups -OCH3 is 1. The third kappa shape index (κ3) is 6.35. The first-order valence-corrected chi connectivity index (χ1v) is 7.57. The normalized spacial score (nSPS) is 12.6. The number of carbonyl (C=O) groups is 1. The molecule has 0 aliphatic carbocycles. The van der Waals surface area contributed by atoms with Gasteiger partial charge < -0.3 is 20.5 Å². The number of benzene rings is 1. The van der Waals surface area contributed by atoms with Crippen molar-refractivity contribution in [3.63, 3.8) is 0 Å². The lowest BCUT2D eigenvalue weighted by Gasteiger charge is -2.26. The van der Waals surface area contributed by atoms with Gasteiger partial charge in [-0.1, -0.05) is 26.0 Å². The molecule has 1 rings (SSSR count). The van der Waals surface area contributed by atoms with Crippen LogP contribution >= 0.6 is 0 Å². The molecule has 5 nitrogen and oxygen atoms in total. The molecule has 124 valence electrons. The molecular weight excluding hydrogens is 280 g/mol. The minimum absolute atomic E-state index is 0.137. The Labute approximate surface area is 133 Å². The Bertz CT molecular complexity index is 499. The highest BCUT2D eigenvalue weighted by molar-refractivity contribution is 5.73. The van der Waals surface area contributed by atoms with E-state index >= 15 is 0 Å². The highest BCUT2D eigenvalue weighted by Crippen LogP contribution is 2.21. The van der Waals surface area contributed by atoms with Gasteiger partial charge in [0.15, 0.2) is 0 Å². The molecule has 0 spiro atoms. The van der Waals surface area contributed by atoms with Crippen LogP contribution in [0.2, 0.25) is 0 Å². The molecule has 5 heteroatoms. The highest BCUT2D eigenvalue weighted by atomic mass is 16.5. The van der Waals surface area contributed by atoms with E-state index in [0.29, 0.717) is 19.5 Å². The van der Waals surface area contributed by atoms with E-state index in [4.69, 9.17) is 4.74 Å². The van der Waals surface area contributed by atoms with Crippen LogP contribution in [-0.4, -0.2) is 30.9 Å². The third-order valence-electron chi connectivity index (χ3n) is 3.49. The molecule has 1 atom stereocenters. The van der Waals surface area contributed by atoms with E-state index in [9.17, 15) is 9.90 Å². The van der Waals surface area contributed by atoms with Crippen LogP contribution in [0.25, 0.3) is 0 Å². The smallest absolute Gasteiger partial charge is 0.315 e. The summed E-state index contributed by atoms with van der Waals surface area (Å²) in [7, 11) is 1.64. The zero-order valence-corrected chi connectivity index (χ0v) is 14.2. The van der Waals surface area contributed by atoms with Crippen molar-refractivity contribution >= 4 is 6.03 Å². The largest absolute Gasteiger partial charge is 0.496 e. The Hall–Kier alpha value is -1.75. The predicted molar refractivity (Wildman–Crippen MR) is 88.0 cm³/mol. The topological polar surface area (TPSA) is 70.6 Å². The minimum atomic E-state index is -0.373. The van der Waals surface area contributed by atoms with Crippen LogP contribution in [0, 0.1) is 12.3 Å². The van der Waals surface area contributed by atoms with Crippen LogP contribution < -0.4 is 15.4 Å². The van der Waals surface area contributed by atoms with Gasteiger partial charge in [-0.2, -0.15) is 0 Å². The maximum atomic E-state index is 11.8. The van der Waals surface area contributed by atoms with Crippen molar-refractivity contribution in [2.75, 3.05) is 13.7 Å². The average Bonchev–Trinajstić information content (AvgIpc) is 2.42. The Balaban J connectivity index is 2.42. The second-order valence-corrected chi connectivity index (χ2v) is 6.56. The fraction of sp³-hybridized carbons (Fsp3) is 0.588. The molecule has 0 saturated carbocycles. The molecule has 3 N–H and O–H groups in total. The summed E-state index contributed by atoms with van der Waals surface area (Å²) in [5, 5.41) is 15.1. The highest BCUT2D eigenvalue weighted by Gasteiger charge is 2.20. The number of carbonyl (C=O) groups excluding carboxylic acids is 1. The van der Waals surface area contributed by atoms with E-state index in [0.717, 1.165) is 16.9 Å². The quantitative estimate of drug-likeness (QED) is 0.725. The molecule has 22 heavy (non-hydrogen) atoms. The molecule has 0 bridgehead atoms. The monoisotopic (exact) mass is 308 g/mol. The van der Waals surface area contributed by atoms with Gasteiger partial charge in [-0.05, 0) is 42.9 Å². The van der Waals surface area contributed by atoms with Gasteiger partial charge in [0.05, 0.1) is 13.2 Å². The maximum Gasteiger partial charge on any atom is 0.315 e. The number of aliphatic hydroxyl groups excluding tert-OH is 1. The van der Waals surface area contributed by atoms with Gasteiger partial charge >= 0.3 is 6.03 Å². The SMILES string of the molecule is COc1ccc(CNC(=O)NCC(C)(C)CC(C)O)cc1C. The Kier molecular flexibility index (Phi) is 6.68. The molecule has 1 aromatic rings. The molecule has 1 unspecified atom stereocenters. The number of hydrogen-bond donors (Lipinski definition) is 3. The molecule has 2 amide bonds. The molecular formula is C17H28N2O3. The van der Waals surface area contributed by atoms with Gasteiger partial charge in [0, 0.05) is 13.1 Å². The predicted octanol–water partition coefficient (Wildman–Crippen LogP) is 2.60. The van der Waals surface area contributed by atoms with Gasteiger partial charge in [0.2, 0.25) is 0 Å². The molecule has 0 aromatic heterocycles. The first-order valence-electron chi connectivity index (χ1n) is 7.57.